The lowest BCUT2D eigenvalue weighted by Crippen LogP contribution is -2.55. The SMILES string of the molecule is CC1CCCC(OC2CC(Cl)C23CCCC3)C1. The Kier molecular flexibility index (Phi) is 3.42. The molecule has 2 heteroatoms. The van der Waals surface area contributed by atoms with Crippen LogP contribution < -0.4 is 0 Å². The van der Waals surface area contributed by atoms with Gasteiger partial charge in [-0.15, -0.1) is 11.6 Å². The molecule has 3 rings (SSSR count). The van der Waals surface area contributed by atoms with Crippen LogP contribution in [0, 0.1) is 11.3 Å². The van der Waals surface area contributed by atoms with Gasteiger partial charge in [0.05, 0.1) is 12.2 Å². The number of rotatable bonds is 2. The van der Waals surface area contributed by atoms with E-state index in [2.05, 4.69) is 6.92 Å². The van der Waals surface area contributed by atoms with Crippen molar-refractivity contribution in [3.05, 3.63) is 0 Å². The highest BCUT2D eigenvalue weighted by Gasteiger charge is 2.56. The van der Waals surface area contributed by atoms with Crippen molar-refractivity contribution < 1.29 is 4.74 Å². The van der Waals surface area contributed by atoms with Gasteiger partial charge in [-0.3, -0.25) is 0 Å². The fourth-order valence-corrected chi connectivity index (χ4v) is 4.81. The lowest BCUT2D eigenvalue weighted by atomic mass is 9.64. The maximum Gasteiger partial charge on any atom is 0.0663 e. The van der Waals surface area contributed by atoms with Crippen LogP contribution in [0.25, 0.3) is 0 Å². The lowest BCUT2D eigenvalue weighted by molar-refractivity contribution is -0.147. The molecule has 0 aromatic heterocycles. The Labute approximate surface area is 110 Å². The van der Waals surface area contributed by atoms with Gasteiger partial charge >= 0.3 is 0 Å². The Bertz CT molecular complexity index is 272. The lowest BCUT2D eigenvalue weighted by Gasteiger charge is -2.52. The summed E-state index contributed by atoms with van der Waals surface area (Å²) in [5.41, 5.74) is 0.377. The smallest absolute Gasteiger partial charge is 0.0663 e. The zero-order valence-corrected chi connectivity index (χ0v) is 11.7. The van der Waals surface area contributed by atoms with E-state index in [4.69, 9.17) is 16.3 Å². The van der Waals surface area contributed by atoms with E-state index in [1.807, 2.05) is 0 Å². The van der Waals surface area contributed by atoms with Gasteiger partial charge in [0.2, 0.25) is 0 Å². The van der Waals surface area contributed by atoms with Crippen molar-refractivity contribution in [1.82, 2.24) is 0 Å². The fourth-order valence-electron chi connectivity index (χ4n) is 4.29. The summed E-state index contributed by atoms with van der Waals surface area (Å²) < 4.78 is 6.42. The molecule has 0 radical (unpaired) electrons. The second-order valence-corrected chi connectivity index (χ2v) is 7.19. The zero-order chi connectivity index (χ0) is 11.9. The van der Waals surface area contributed by atoms with E-state index in [-0.39, 0.29) is 0 Å². The Morgan fingerprint density at radius 2 is 1.82 bits per heavy atom. The zero-order valence-electron chi connectivity index (χ0n) is 11.0. The van der Waals surface area contributed by atoms with Gasteiger partial charge in [0.1, 0.15) is 0 Å². The number of halogens is 1. The van der Waals surface area contributed by atoms with Crippen molar-refractivity contribution >= 4 is 11.6 Å². The first-order chi connectivity index (χ1) is 8.21. The van der Waals surface area contributed by atoms with E-state index >= 15 is 0 Å². The average molecular weight is 257 g/mol. The molecule has 0 saturated heterocycles. The van der Waals surface area contributed by atoms with E-state index < -0.39 is 0 Å². The number of alkyl halides is 1. The van der Waals surface area contributed by atoms with E-state index in [1.165, 1.54) is 51.4 Å². The highest BCUT2D eigenvalue weighted by molar-refractivity contribution is 6.21. The fraction of sp³-hybridized carbons (Fsp3) is 1.00. The van der Waals surface area contributed by atoms with Crippen molar-refractivity contribution in [2.75, 3.05) is 0 Å². The van der Waals surface area contributed by atoms with E-state index in [0.29, 0.717) is 23.0 Å². The summed E-state index contributed by atoms with van der Waals surface area (Å²) in [4.78, 5) is 0. The second-order valence-electron chi connectivity index (χ2n) is 6.66. The van der Waals surface area contributed by atoms with Gasteiger partial charge in [0, 0.05) is 10.8 Å². The molecule has 1 spiro atoms. The third-order valence-corrected chi connectivity index (χ3v) is 6.08. The molecule has 0 aliphatic heterocycles. The van der Waals surface area contributed by atoms with Crippen molar-refractivity contribution in [1.29, 1.82) is 0 Å². The molecular formula is C15H25ClO. The Morgan fingerprint density at radius 1 is 1.06 bits per heavy atom. The van der Waals surface area contributed by atoms with Crippen LogP contribution >= 0.6 is 11.6 Å². The van der Waals surface area contributed by atoms with Crippen LogP contribution in [0.15, 0.2) is 0 Å². The minimum Gasteiger partial charge on any atom is -0.374 e. The quantitative estimate of drug-likeness (QED) is 0.660. The second kappa shape index (κ2) is 4.74. The van der Waals surface area contributed by atoms with Crippen molar-refractivity contribution in [2.45, 2.75) is 82.3 Å². The van der Waals surface area contributed by atoms with E-state index in [9.17, 15) is 0 Å². The Balaban J connectivity index is 1.58. The van der Waals surface area contributed by atoms with Gasteiger partial charge in [-0.25, -0.2) is 0 Å². The molecule has 1 nitrogen and oxygen atoms in total. The van der Waals surface area contributed by atoms with Crippen LogP contribution in [0.5, 0.6) is 0 Å². The molecule has 0 N–H and O–H groups in total. The number of ether oxygens (including phenoxy) is 1. The molecule has 3 fully saturated rings. The summed E-state index contributed by atoms with van der Waals surface area (Å²) >= 11 is 6.47. The van der Waals surface area contributed by atoms with Crippen molar-refractivity contribution in [3.8, 4) is 0 Å². The molecule has 0 amide bonds. The maximum absolute atomic E-state index is 6.47. The highest BCUT2D eigenvalue weighted by atomic mass is 35.5. The minimum atomic E-state index is 0.377. The average Bonchev–Trinajstić information content (AvgIpc) is 2.80. The first kappa shape index (κ1) is 12.3. The third kappa shape index (κ3) is 2.14. The summed E-state index contributed by atoms with van der Waals surface area (Å²) in [5.74, 6) is 0.861. The van der Waals surface area contributed by atoms with Crippen LogP contribution in [0.3, 0.4) is 0 Å². The highest BCUT2D eigenvalue weighted by Crippen LogP contribution is 2.57. The summed E-state index contributed by atoms with van der Waals surface area (Å²) in [7, 11) is 0. The van der Waals surface area contributed by atoms with Crippen molar-refractivity contribution in [2.24, 2.45) is 11.3 Å². The van der Waals surface area contributed by atoms with E-state index in [1.54, 1.807) is 0 Å². The molecule has 4 atom stereocenters. The van der Waals surface area contributed by atoms with Crippen LogP contribution in [0.2, 0.25) is 0 Å². The third-order valence-electron chi connectivity index (χ3n) is 5.47. The van der Waals surface area contributed by atoms with Crippen LogP contribution in [-0.4, -0.2) is 17.6 Å². The summed E-state index contributed by atoms with van der Waals surface area (Å²) in [5, 5.41) is 0.399. The van der Waals surface area contributed by atoms with Crippen LogP contribution in [0.1, 0.15) is 64.7 Å². The molecule has 4 unspecified atom stereocenters. The topological polar surface area (TPSA) is 9.23 Å². The molecular weight excluding hydrogens is 232 g/mol. The number of hydrogen-bond donors (Lipinski definition) is 0. The van der Waals surface area contributed by atoms with Gasteiger partial charge in [-0.05, 0) is 38.0 Å². The van der Waals surface area contributed by atoms with Gasteiger partial charge in [0.15, 0.2) is 0 Å². The van der Waals surface area contributed by atoms with Gasteiger partial charge in [0.25, 0.3) is 0 Å². The van der Waals surface area contributed by atoms with E-state index in [0.717, 1.165) is 12.3 Å². The predicted molar refractivity (Wildman–Crippen MR) is 71.5 cm³/mol. The molecule has 0 heterocycles. The van der Waals surface area contributed by atoms with Gasteiger partial charge in [-0.2, -0.15) is 0 Å². The molecule has 17 heavy (non-hydrogen) atoms. The normalized spacial score (nSPS) is 44.8. The monoisotopic (exact) mass is 256 g/mol. The summed E-state index contributed by atoms with van der Waals surface area (Å²) in [6, 6.07) is 0. The largest absolute Gasteiger partial charge is 0.374 e. The molecule has 0 aromatic rings. The van der Waals surface area contributed by atoms with Crippen molar-refractivity contribution in [3.63, 3.8) is 0 Å². The Hall–Kier alpha value is 0.250. The molecule has 3 saturated carbocycles. The standard InChI is InChI=1S/C15H25ClO/c1-11-5-4-6-12(9-11)17-14-10-13(16)15(14)7-2-3-8-15/h11-14H,2-10H2,1H3. The van der Waals surface area contributed by atoms with Gasteiger partial charge in [-0.1, -0.05) is 32.6 Å². The van der Waals surface area contributed by atoms with Gasteiger partial charge < -0.3 is 4.74 Å². The maximum atomic E-state index is 6.47. The minimum absolute atomic E-state index is 0.377. The molecule has 0 aromatic carbocycles. The Morgan fingerprint density at radius 3 is 2.47 bits per heavy atom. The molecule has 3 aliphatic carbocycles. The van der Waals surface area contributed by atoms with Crippen LogP contribution in [0.4, 0.5) is 0 Å². The number of hydrogen-bond acceptors (Lipinski definition) is 1. The predicted octanol–water partition coefficient (Wildman–Crippen LogP) is 4.52. The first-order valence-corrected chi connectivity index (χ1v) is 7.94. The first-order valence-electron chi connectivity index (χ1n) is 7.50. The summed E-state index contributed by atoms with van der Waals surface area (Å²) in [6.07, 6.45) is 12.8. The van der Waals surface area contributed by atoms with Crippen LogP contribution in [-0.2, 0) is 4.74 Å². The molecule has 98 valence electrons. The molecule has 3 aliphatic rings. The molecule has 0 bridgehead atoms. The summed E-state index contributed by atoms with van der Waals surface area (Å²) in [6.45, 7) is 2.37.